The molecule has 3 aliphatic rings. The van der Waals surface area contributed by atoms with Crippen LogP contribution in [0.5, 0.6) is 11.6 Å². The molecular weight excluding hydrogens is 765 g/mol. The number of benzene rings is 2. The molecule has 3 fully saturated rings. The monoisotopic (exact) mass is 818 g/mol. The van der Waals surface area contributed by atoms with Crippen LogP contribution < -0.4 is 9.47 Å². The van der Waals surface area contributed by atoms with Crippen LogP contribution in [0, 0.1) is 5.41 Å². The van der Waals surface area contributed by atoms with Gasteiger partial charge in [0.15, 0.2) is 0 Å². The van der Waals surface area contributed by atoms with E-state index in [2.05, 4.69) is 45.8 Å². The first-order valence-corrected chi connectivity index (χ1v) is 20.9. The molecule has 0 N–H and O–H groups in total. The third-order valence-corrected chi connectivity index (χ3v) is 12.2. The molecule has 13 nitrogen and oxygen atoms in total. The molecule has 316 valence electrons. The maximum absolute atomic E-state index is 13.6. The summed E-state index contributed by atoms with van der Waals surface area (Å²) in [4.78, 5) is 48.8. The van der Waals surface area contributed by atoms with Gasteiger partial charge in [-0.25, -0.2) is 19.4 Å². The van der Waals surface area contributed by atoms with Gasteiger partial charge in [-0.3, -0.25) is 4.98 Å². The van der Waals surface area contributed by atoms with Crippen LogP contribution in [0.3, 0.4) is 0 Å². The Kier molecular flexibility index (Phi) is 11.5. The molecule has 3 aromatic heterocycles. The fourth-order valence-corrected chi connectivity index (χ4v) is 9.12. The highest BCUT2D eigenvalue weighted by Gasteiger charge is 2.57. The Labute approximate surface area is 350 Å². The maximum Gasteiger partial charge on any atom is 0.410 e. The molecule has 3 aliphatic carbocycles. The lowest BCUT2D eigenvalue weighted by Crippen LogP contribution is -2.64. The number of methoxy groups -OCH3 is 2. The van der Waals surface area contributed by atoms with Crippen LogP contribution in [-0.4, -0.2) is 94.8 Å². The van der Waals surface area contributed by atoms with Crippen molar-refractivity contribution >= 4 is 39.8 Å². The summed E-state index contributed by atoms with van der Waals surface area (Å²) in [6, 6.07) is 17.3. The maximum atomic E-state index is 13.6. The van der Waals surface area contributed by atoms with Crippen molar-refractivity contribution in [2.45, 2.75) is 102 Å². The van der Waals surface area contributed by atoms with Gasteiger partial charge in [-0.1, -0.05) is 12.1 Å². The molecule has 1 amide bonds. The summed E-state index contributed by atoms with van der Waals surface area (Å²) in [6.07, 6.45) is 12.5. The average Bonchev–Trinajstić information content (AvgIpc) is 3.48. The number of aryl methyl sites for hydroxylation is 1. The number of hydrogen-bond donors (Lipinski definition) is 0. The summed E-state index contributed by atoms with van der Waals surface area (Å²) in [6.45, 7) is 6.81. The second-order valence-electron chi connectivity index (χ2n) is 17.5. The number of carbonyl (C=O) groups is 3. The van der Waals surface area contributed by atoms with Gasteiger partial charge in [0.2, 0.25) is 5.88 Å². The number of aromatic nitrogens is 3. The molecule has 5 aromatic rings. The third kappa shape index (κ3) is 8.50. The predicted octanol–water partition coefficient (Wildman–Crippen LogP) is 8.70. The quantitative estimate of drug-likeness (QED) is 0.0604. The normalized spacial score (nSPS) is 22.0. The lowest BCUT2D eigenvalue weighted by Gasteiger charge is -2.61. The molecule has 1 spiro atoms. The Balaban J connectivity index is 0.781. The Bertz CT molecular complexity index is 2370. The van der Waals surface area contributed by atoms with E-state index in [1.807, 2.05) is 56.4 Å². The van der Waals surface area contributed by atoms with Gasteiger partial charge in [-0.2, -0.15) is 0 Å². The summed E-state index contributed by atoms with van der Waals surface area (Å²) in [5.74, 6) is -0.192. The van der Waals surface area contributed by atoms with Crippen LogP contribution >= 0.6 is 0 Å². The van der Waals surface area contributed by atoms with Crippen molar-refractivity contribution in [2.24, 2.45) is 12.5 Å². The van der Waals surface area contributed by atoms with E-state index in [-0.39, 0.29) is 46.9 Å². The molecule has 0 unspecified atom stereocenters. The van der Waals surface area contributed by atoms with E-state index in [4.69, 9.17) is 28.4 Å². The zero-order chi connectivity index (χ0) is 42.2. The SMILES string of the molecule is COC(=O)c1ccc(OCCCCOC2CC3(C2)CC(N(C(=O)OC(C)(C)C)C2CC(Oc4ccc(-c5ccc6c7cnccc7n(C)c6c5)cn4)C2)C3)cc1C(=O)OC. The van der Waals surface area contributed by atoms with Gasteiger partial charge in [0.05, 0.1) is 43.6 Å². The van der Waals surface area contributed by atoms with Gasteiger partial charge in [0.25, 0.3) is 0 Å². The lowest BCUT2D eigenvalue weighted by atomic mass is 9.52. The van der Waals surface area contributed by atoms with Crippen LogP contribution in [0.25, 0.3) is 32.9 Å². The molecule has 2 aromatic carbocycles. The fraction of sp³-hybridized carbons (Fsp3) is 0.468. The molecule has 3 saturated carbocycles. The molecule has 0 radical (unpaired) electrons. The molecule has 0 aliphatic heterocycles. The number of ether oxygens (including phenoxy) is 6. The Morgan fingerprint density at radius 1 is 0.783 bits per heavy atom. The number of nitrogens with zero attached hydrogens (tertiary/aromatic N) is 4. The highest BCUT2D eigenvalue weighted by Crippen LogP contribution is 2.59. The van der Waals surface area contributed by atoms with Gasteiger partial charge in [-0.15, -0.1) is 0 Å². The van der Waals surface area contributed by atoms with Crippen molar-refractivity contribution in [3.63, 3.8) is 0 Å². The minimum atomic E-state index is -0.633. The van der Waals surface area contributed by atoms with Crippen LogP contribution in [0.2, 0.25) is 0 Å². The second kappa shape index (κ2) is 16.8. The smallest absolute Gasteiger partial charge is 0.410 e. The number of unbranched alkanes of at least 4 members (excludes halogenated alkanes) is 1. The van der Waals surface area contributed by atoms with Crippen molar-refractivity contribution in [3.8, 4) is 22.8 Å². The van der Waals surface area contributed by atoms with Crippen molar-refractivity contribution in [1.82, 2.24) is 19.4 Å². The number of carbonyl (C=O) groups excluding carboxylic acids is 3. The van der Waals surface area contributed by atoms with Crippen LogP contribution in [0.1, 0.15) is 92.9 Å². The Hall–Kier alpha value is -5.69. The van der Waals surface area contributed by atoms with Gasteiger partial charge >= 0.3 is 18.0 Å². The van der Waals surface area contributed by atoms with Crippen molar-refractivity contribution in [3.05, 3.63) is 84.3 Å². The van der Waals surface area contributed by atoms with E-state index < -0.39 is 17.5 Å². The van der Waals surface area contributed by atoms with E-state index in [1.165, 1.54) is 31.7 Å². The van der Waals surface area contributed by atoms with Crippen molar-refractivity contribution in [1.29, 1.82) is 0 Å². The molecule has 0 atom stereocenters. The standard InChI is InChI=1S/C47H54N4O9/c1-46(2,3)60-45(54)51(31-20-34(21-31)59-42-14-10-30(27-49-42)29-9-12-36-39-28-48-16-15-40(39)50(4)41(36)19-29)32-23-47(24-32)25-35(26-47)58-18-8-7-17-57-33-11-13-37(43(52)55-5)38(22-33)44(53)56-6/h9-16,19,22,27-28,31-32,34-35H,7-8,17-18,20-21,23-26H2,1-6H3. The first-order chi connectivity index (χ1) is 28.8. The Morgan fingerprint density at radius 3 is 2.23 bits per heavy atom. The van der Waals surface area contributed by atoms with E-state index >= 15 is 0 Å². The van der Waals surface area contributed by atoms with E-state index in [9.17, 15) is 14.4 Å². The number of fused-ring (bicyclic) bond motifs is 3. The molecular formula is C47H54N4O9. The van der Waals surface area contributed by atoms with Gasteiger partial charge in [0.1, 0.15) is 17.5 Å². The molecule has 13 heteroatoms. The highest BCUT2D eigenvalue weighted by atomic mass is 16.6. The number of amides is 1. The molecule has 3 heterocycles. The second-order valence-corrected chi connectivity index (χ2v) is 17.5. The van der Waals surface area contributed by atoms with Gasteiger partial charge in [0, 0.05) is 85.1 Å². The minimum absolute atomic E-state index is 0.0237. The summed E-state index contributed by atoms with van der Waals surface area (Å²) in [7, 11) is 4.60. The average molecular weight is 819 g/mol. The number of pyridine rings is 2. The van der Waals surface area contributed by atoms with Gasteiger partial charge < -0.3 is 37.9 Å². The molecule has 60 heavy (non-hydrogen) atoms. The van der Waals surface area contributed by atoms with E-state index in [1.54, 1.807) is 6.07 Å². The zero-order valence-electron chi connectivity index (χ0n) is 35.3. The zero-order valence-corrected chi connectivity index (χ0v) is 35.3. The van der Waals surface area contributed by atoms with Crippen LogP contribution in [0.4, 0.5) is 4.79 Å². The predicted molar refractivity (Wildman–Crippen MR) is 225 cm³/mol. The lowest BCUT2D eigenvalue weighted by molar-refractivity contribution is -0.155. The molecule has 0 bridgehead atoms. The molecule has 8 rings (SSSR count). The Morgan fingerprint density at radius 2 is 1.52 bits per heavy atom. The molecule has 0 saturated heterocycles. The largest absolute Gasteiger partial charge is 0.494 e. The number of rotatable bonds is 14. The number of hydrogen-bond acceptors (Lipinski definition) is 11. The summed E-state index contributed by atoms with van der Waals surface area (Å²) < 4.78 is 36.1. The van der Waals surface area contributed by atoms with Crippen molar-refractivity contribution < 1.29 is 42.8 Å². The van der Waals surface area contributed by atoms with Gasteiger partial charge in [-0.05, 0) is 107 Å². The first kappa shape index (κ1) is 41.1. The highest BCUT2D eigenvalue weighted by molar-refractivity contribution is 6.08. The minimum Gasteiger partial charge on any atom is -0.494 e. The summed E-state index contributed by atoms with van der Waals surface area (Å²) in [5.41, 5.74) is 4.26. The third-order valence-electron chi connectivity index (χ3n) is 12.2. The van der Waals surface area contributed by atoms with E-state index in [0.717, 1.165) is 78.9 Å². The van der Waals surface area contributed by atoms with Crippen LogP contribution in [0.15, 0.2) is 73.2 Å². The fourth-order valence-electron chi connectivity index (χ4n) is 9.12. The summed E-state index contributed by atoms with van der Waals surface area (Å²) in [5, 5.41) is 2.32. The van der Waals surface area contributed by atoms with Crippen LogP contribution in [-0.2, 0) is 26.0 Å². The number of esters is 2. The topological polar surface area (TPSA) is 141 Å². The summed E-state index contributed by atoms with van der Waals surface area (Å²) >= 11 is 0. The van der Waals surface area contributed by atoms with Crippen molar-refractivity contribution in [2.75, 3.05) is 27.4 Å². The van der Waals surface area contributed by atoms with E-state index in [0.29, 0.717) is 24.8 Å². The first-order valence-electron chi connectivity index (χ1n) is 20.9.